The second kappa shape index (κ2) is 7.64. The zero-order valence-corrected chi connectivity index (χ0v) is 14.0. The van der Waals surface area contributed by atoms with Crippen LogP contribution in [0, 0.1) is 0 Å². The summed E-state index contributed by atoms with van der Waals surface area (Å²) in [5.41, 5.74) is 1.03. The third kappa shape index (κ3) is 4.80. The number of aliphatic hydroxyl groups is 1. The molecule has 4 nitrogen and oxygen atoms in total. The van der Waals surface area contributed by atoms with Gasteiger partial charge in [0.2, 0.25) is 0 Å². The molecule has 0 aliphatic heterocycles. The number of hydrogen-bond donors (Lipinski definition) is 2. The molecule has 0 heterocycles. The summed E-state index contributed by atoms with van der Waals surface area (Å²) in [7, 11) is 0. The summed E-state index contributed by atoms with van der Waals surface area (Å²) in [6.07, 6.45) is -0.540. The summed E-state index contributed by atoms with van der Waals surface area (Å²) in [5.74, 6) is 0. The molecule has 20 heavy (non-hydrogen) atoms. The van der Waals surface area contributed by atoms with Gasteiger partial charge in [0.15, 0.2) is 0 Å². The molecule has 0 radical (unpaired) electrons. The van der Waals surface area contributed by atoms with Gasteiger partial charge in [-0.1, -0.05) is 34.1 Å². The fourth-order valence-electron chi connectivity index (χ4n) is 1.99. The fraction of sp³-hybridized carbons (Fsp3) is 0.533. The van der Waals surface area contributed by atoms with Crippen molar-refractivity contribution >= 4 is 22.0 Å². The standard InChI is InChI=1S/C15H23BrN2O2/c1-10(2)18(9-11(3)19)15(20)17-12(4)13-7-5-6-8-14(13)16/h5-8,10-12,19H,9H2,1-4H3,(H,17,20). The van der Waals surface area contributed by atoms with E-state index in [-0.39, 0.29) is 18.1 Å². The molecule has 112 valence electrons. The van der Waals surface area contributed by atoms with Crippen LogP contribution in [-0.4, -0.2) is 34.7 Å². The highest BCUT2D eigenvalue weighted by Crippen LogP contribution is 2.23. The van der Waals surface area contributed by atoms with Crippen molar-refractivity contribution in [2.24, 2.45) is 0 Å². The molecule has 0 fully saturated rings. The Labute approximate surface area is 129 Å². The van der Waals surface area contributed by atoms with Crippen LogP contribution >= 0.6 is 15.9 Å². The average molecular weight is 343 g/mol. The largest absolute Gasteiger partial charge is 0.392 e. The minimum atomic E-state index is -0.540. The van der Waals surface area contributed by atoms with Crippen LogP contribution in [0.3, 0.4) is 0 Å². The first-order valence-electron chi connectivity index (χ1n) is 6.82. The second-order valence-electron chi connectivity index (χ2n) is 5.29. The van der Waals surface area contributed by atoms with E-state index in [1.54, 1.807) is 11.8 Å². The maximum atomic E-state index is 12.3. The van der Waals surface area contributed by atoms with Gasteiger partial charge in [-0.25, -0.2) is 4.79 Å². The Balaban J connectivity index is 2.75. The predicted octanol–water partition coefficient (Wildman–Crippen LogP) is 3.31. The first kappa shape index (κ1) is 17.0. The van der Waals surface area contributed by atoms with Crippen molar-refractivity contribution in [1.29, 1.82) is 0 Å². The van der Waals surface area contributed by atoms with E-state index in [4.69, 9.17) is 0 Å². The number of carbonyl (C=O) groups is 1. The Morgan fingerprint density at radius 1 is 1.30 bits per heavy atom. The van der Waals surface area contributed by atoms with Crippen molar-refractivity contribution < 1.29 is 9.90 Å². The highest BCUT2D eigenvalue weighted by molar-refractivity contribution is 9.10. The molecule has 0 spiro atoms. The van der Waals surface area contributed by atoms with Gasteiger partial charge >= 0.3 is 6.03 Å². The van der Waals surface area contributed by atoms with Crippen molar-refractivity contribution in [3.05, 3.63) is 34.3 Å². The maximum Gasteiger partial charge on any atom is 0.318 e. The molecule has 2 N–H and O–H groups in total. The van der Waals surface area contributed by atoms with Crippen LogP contribution in [0.2, 0.25) is 0 Å². The highest BCUT2D eigenvalue weighted by Gasteiger charge is 2.21. The predicted molar refractivity (Wildman–Crippen MR) is 84.6 cm³/mol. The van der Waals surface area contributed by atoms with Gasteiger partial charge in [-0.2, -0.15) is 0 Å². The van der Waals surface area contributed by atoms with Crippen LogP contribution in [0.25, 0.3) is 0 Å². The van der Waals surface area contributed by atoms with E-state index < -0.39 is 6.10 Å². The van der Waals surface area contributed by atoms with Crippen molar-refractivity contribution in [3.8, 4) is 0 Å². The smallest absolute Gasteiger partial charge is 0.318 e. The summed E-state index contributed by atoms with van der Waals surface area (Å²) >= 11 is 3.49. The van der Waals surface area contributed by atoms with Gasteiger partial charge in [0, 0.05) is 17.1 Å². The monoisotopic (exact) mass is 342 g/mol. The minimum absolute atomic E-state index is 0.0380. The highest BCUT2D eigenvalue weighted by atomic mass is 79.9. The number of carbonyl (C=O) groups excluding carboxylic acids is 1. The van der Waals surface area contributed by atoms with Gasteiger partial charge in [-0.05, 0) is 39.3 Å². The van der Waals surface area contributed by atoms with E-state index in [0.29, 0.717) is 6.54 Å². The normalized spacial score (nSPS) is 13.9. The van der Waals surface area contributed by atoms with Gasteiger partial charge in [0.25, 0.3) is 0 Å². The number of aliphatic hydroxyl groups excluding tert-OH is 1. The molecular formula is C15H23BrN2O2. The van der Waals surface area contributed by atoms with Gasteiger partial charge in [-0.15, -0.1) is 0 Å². The van der Waals surface area contributed by atoms with E-state index in [9.17, 15) is 9.90 Å². The molecule has 0 bridgehead atoms. The van der Waals surface area contributed by atoms with Crippen LogP contribution in [0.5, 0.6) is 0 Å². The van der Waals surface area contributed by atoms with Crippen molar-refractivity contribution in [3.63, 3.8) is 0 Å². The van der Waals surface area contributed by atoms with Gasteiger partial charge in [0.1, 0.15) is 0 Å². The molecule has 0 aliphatic carbocycles. The molecule has 0 aromatic heterocycles. The average Bonchev–Trinajstić information content (AvgIpc) is 2.35. The lowest BCUT2D eigenvalue weighted by atomic mass is 10.1. The third-order valence-electron chi connectivity index (χ3n) is 3.06. The number of nitrogens with one attached hydrogen (secondary N) is 1. The van der Waals surface area contributed by atoms with Crippen LogP contribution < -0.4 is 5.32 Å². The summed E-state index contributed by atoms with van der Waals surface area (Å²) in [6.45, 7) is 7.82. The minimum Gasteiger partial charge on any atom is -0.392 e. The number of hydrogen-bond acceptors (Lipinski definition) is 2. The van der Waals surface area contributed by atoms with Crippen LogP contribution in [0.15, 0.2) is 28.7 Å². The summed E-state index contributed by atoms with van der Waals surface area (Å²) < 4.78 is 0.972. The van der Waals surface area contributed by atoms with Crippen LogP contribution in [0.4, 0.5) is 4.79 Å². The molecule has 2 amide bonds. The lowest BCUT2D eigenvalue weighted by Gasteiger charge is -2.30. The molecular weight excluding hydrogens is 320 g/mol. The fourth-order valence-corrected chi connectivity index (χ4v) is 2.61. The van der Waals surface area contributed by atoms with E-state index in [0.717, 1.165) is 10.0 Å². The molecule has 0 saturated heterocycles. The van der Waals surface area contributed by atoms with E-state index in [1.807, 2.05) is 45.0 Å². The number of benzene rings is 1. The molecule has 1 aromatic carbocycles. The van der Waals surface area contributed by atoms with Crippen LogP contribution in [-0.2, 0) is 0 Å². The van der Waals surface area contributed by atoms with E-state index >= 15 is 0 Å². The third-order valence-corrected chi connectivity index (χ3v) is 3.78. The number of amides is 2. The lowest BCUT2D eigenvalue weighted by Crippen LogP contribution is -2.47. The maximum absolute atomic E-state index is 12.3. The van der Waals surface area contributed by atoms with Crippen molar-refractivity contribution in [1.82, 2.24) is 10.2 Å². The van der Waals surface area contributed by atoms with Crippen LogP contribution in [0.1, 0.15) is 39.3 Å². The number of rotatable bonds is 5. The molecule has 1 rings (SSSR count). The SMILES string of the molecule is CC(O)CN(C(=O)NC(C)c1ccccc1Br)C(C)C. The van der Waals surface area contributed by atoms with Gasteiger partial charge in [-0.3, -0.25) is 0 Å². The Morgan fingerprint density at radius 2 is 1.90 bits per heavy atom. The lowest BCUT2D eigenvalue weighted by molar-refractivity contribution is 0.117. The molecule has 5 heteroatoms. The topological polar surface area (TPSA) is 52.6 Å². The quantitative estimate of drug-likeness (QED) is 0.862. The number of halogens is 1. The summed E-state index contributed by atoms with van der Waals surface area (Å²) in [5, 5.41) is 12.5. The van der Waals surface area contributed by atoms with Gasteiger partial charge in [0.05, 0.1) is 12.1 Å². The Kier molecular flexibility index (Phi) is 6.49. The number of urea groups is 1. The Morgan fingerprint density at radius 3 is 2.40 bits per heavy atom. The molecule has 2 unspecified atom stereocenters. The molecule has 1 aromatic rings. The first-order valence-corrected chi connectivity index (χ1v) is 7.61. The van der Waals surface area contributed by atoms with E-state index in [1.165, 1.54) is 0 Å². The zero-order chi connectivity index (χ0) is 15.3. The number of nitrogens with zero attached hydrogens (tertiary/aromatic N) is 1. The van der Waals surface area contributed by atoms with Crippen molar-refractivity contribution in [2.75, 3.05) is 6.54 Å². The molecule has 2 atom stereocenters. The van der Waals surface area contributed by atoms with Crippen molar-refractivity contribution in [2.45, 2.75) is 45.9 Å². The summed E-state index contributed by atoms with van der Waals surface area (Å²) in [6, 6.07) is 7.58. The molecule has 0 saturated carbocycles. The van der Waals surface area contributed by atoms with E-state index in [2.05, 4.69) is 21.2 Å². The zero-order valence-electron chi connectivity index (χ0n) is 12.4. The molecule has 0 aliphatic rings. The van der Waals surface area contributed by atoms with Gasteiger partial charge < -0.3 is 15.3 Å². The first-order chi connectivity index (χ1) is 9.32. The second-order valence-corrected chi connectivity index (χ2v) is 6.14. The summed E-state index contributed by atoms with van der Waals surface area (Å²) in [4.78, 5) is 13.9. The Bertz CT molecular complexity index is 449. The Hall–Kier alpha value is -1.07.